The van der Waals surface area contributed by atoms with E-state index in [4.69, 9.17) is 4.74 Å². The van der Waals surface area contributed by atoms with Crippen LogP contribution in [0, 0.1) is 0 Å². The standard InChI is InChI=1S/C15H16N4O2/c20-14(9-12-3-1-5-16-10-12)19-8-4-13(11-19)21-15-17-6-2-7-18-15/h1-3,5-7,10,13H,4,8-9,11H2. The Morgan fingerprint density at radius 1 is 1.29 bits per heavy atom. The first kappa shape index (κ1) is 13.5. The van der Waals surface area contributed by atoms with Crippen molar-refractivity contribution in [2.24, 2.45) is 0 Å². The van der Waals surface area contributed by atoms with Gasteiger partial charge in [-0.3, -0.25) is 9.78 Å². The third-order valence-electron chi connectivity index (χ3n) is 3.39. The lowest BCUT2D eigenvalue weighted by molar-refractivity contribution is -0.129. The fourth-order valence-electron chi connectivity index (χ4n) is 2.34. The summed E-state index contributed by atoms with van der Waals surface area (Å²) in [6.45, 7) is 1.29. The Labute approximate surface area is 122 Å². The van der Waals surface area contributed by atoms with Gasteiger partial charge in [0, 0.05) is 37.8 Å². The van der Waals surface area contributed by atoms with E-state index in [0.717, 1.165) is 12.0 Å². The van der Waals surface area contributed by atoms with Crippen LogP contribution in [0.3, 0.4) is 0 Å². The minimum Gasteiger partial charge on any atom is -0.458 e. The summed E-state index contributed by atoms with van der Waals surface area (Å²) in [6, 6.07) is 5.85. The molecule has 6 nitrogen and oxygen atoms in total. The summed E-state index contributed by atoms with van der Waals surface area (Å²) in [5, 5.41) is 0. The number of carbonyl (C=O) groups excluding carboxylic acids is 1. The minimum atomic E-state index is -0.0368. The molecule has 0 saturated carbocycles. The molecule has 6 heteroatoms. The van der Waals surface area contributed by atoms with E-state index < -0.39 is 0 Å². The predicted octanol–water partition coefficient (Wildman–Crippen LogP) is 1.09. The molecule has 0 spiro atoms. The van der Waals surface area contributed by atoms with Gasteiger partial charge in [0.15, 0.2) is 0 Å². The van der Waals surface area contributed by atoms with Crippen molar-refractivity contribution in [2.45, 2.75) is 18.9 Å². The molecular weight excluding hydrogens is 268 g/mol. The topological polar surface area (TPSA) is 68.2 Å². The fraction of sp³-hybridized carbons (Fsp3) is 0.333. The average Bonchev–Trinajstić information content (AvgIpc) is 2.98. The lowest BCUT2D eigenvalue weighted by atomic mass is 10.2. The monoisotopic (exact) mass is 284 g/mol. The molecule has 3 heterocycles. The van der Waals surface area contributed by atoms with Crippen molar-refractivity contribution in [3.05, 3.63) is 48.5 Å². The zero-order chi connectivity index (χ0) is 14.5. The summed E-state index contributed by atoms with van der Waals surface area (Å²) in [5.74, 6) is 0.100. The highest BCUT2D eigenvalue weighted by atomic mass is 16.5. The largest absolute Gasteiger partial charge is 0.458 e. The van der Waals surface area contributed by atoms with Crippen LogP contribution in [0.15, 0.2) is 43.0 Å². The van der Waals surface area contributed by atoms with Gasteiger partial charge in [0.05, 0.1) is 13.0 Å². The van der Waals surface area contributed by atoms with Gasteiger partial charge >= 0.3 is 6.01 Å². The Bertz CT molecular complexity index is 591. The zero-order valence-corrected chi connectivity index (χ0v) is 11.6. The molecule has 1 atom stereocenters. The second kappa shape index (κ2) is 6.30. The van der Waals surface area contributed by atoms with Gasteiger partial charge in [-0.05, 0) is 17.7 Å². The third-order valence-corrected chi connectivity index (χ3v) is 3.39. The molecule has 0 aliphatic carbocycles. The minimum absolute atomic E-state index is 0.0368. The van der Waals surface area contributed by atoms with Crippen LogP contribution in [0.1, 0.15) is 12.0 Å². The highest BCUT2D eigenvalue weighted by Crippen LogP contribution is 2.15. The van der Waals surface area contributed by atoms with E-state index in [1.165, 1.54) is 0 Å². The molecule has 1 aliphatic rings. The first-order chi connectivity index (χ1) is 10.3. The van der Waals surface area contributed by atoms with E-state index in [9.17, 15) is 4.79 Å². The van der Waals surface area contributed by atoms with Crippen LogP contribution in [0.4, 0.5) is 0 Å². The SMILES string of the molecule is O=C(Cc1cccnc1)N1CCC(Oc2ncccn2)C1. The van der Waals surface area contributed by atoms with Gasteiger partial charge < -0.3 is 9.64 Å². The number of aromatic nitrogens is 3. The number of rotatable bonds is 4. The molecule has 0 aromatic carbocycles. The first-order valence-electron chi connectivity index (χ1n) is 6.91. The van der Waals surface area contributed by atoms with Crippen LogP contribution in [-0.2, 0) is 11.2 Å². The molecule has 1 aliphatic heterocycles. The van der Waals surface area contributed by atoms with Crippen molar-refractivity contribution in [1.82, 2.24) is 19.9 Å². The Hall–Kier alpha value is -2.50. The summed E-state index contributed by atoms with van der Waals surface area (Å²) < 4.78 is 5.68. The van der Waals surface area contributed by atoms with Crippen LogP contribution >= 0.6 is 0 Å². The Kier molecular flexibility index (Phi) is 4.04. The van der Waals surface area contributed by atoms with Gasteiger partial charge in [0.2, 0.25) is 5.91 Å². The van der Waals surface area contributed by atoms with E-state index in [1.807, 2.05) is 17.0 Å². The van der Waals surface area contributed by atoms with Crippen molar-refractivity contribution in [3.63, 3.8) is 0 Å². The Morgan fingerprint density at radius 2 is 2.14 bits per heavy atom. The molecule has 2 aromatic rings. The summed E-state index contributed by atoms with van der Waals surface area (Å²) >= 11 is 0. The number of pyridine rings is 1. The van der Waals surface area contributed by atoms with Crippen molar-refractivity contribution >= 4 is 5.91 Å². The van der Waals surface area contributed by atoms with Crippen LogP contribution in [0.25, 0.3) is 0 Å². The second-order valence-corrected chi connectivity index (χ2v) is 4.94. The highest BCUT2D eigenvalue weighted by molar-refractivity contribution is 5.79. The third kappa shape index (κ3) is 3.53. The van der Waals surface area contributed by atoms with Crippen molar-refractivity contribution in [2.75, 3.05) is 13.1 Å². The summed E-state index contributed by atoms with van der Waals surface area (Å²) in [7, 11) is 0. The number of hydrogen-bond acceptors (Lipinski definition) is 5. The lowest BCUT2D eigenvalue weighted by Crippen LogP contribution is -2.32. The first-order valence-corrected chi connectivity index (χ1v) is 6.91. The molecule has 1 unspecified atom stereocenters. The number of likely N-dealkylation sites (tertiary alicyclic amines) is 1. The van der Waals surface area contributed by atoms with Gasteiger partial charge in [0.25, 0.3) is 0 Å². The van der Waals surface area contributed by atoms with Crippen LogP contribution < -0.4 is 4.74 Å². The highest BCUT2D eigenvalue weighted by Gasteiger charge is 2.28. The summed E-state index contributed by atoms with van der Waals surface area (Å²) in [6.07, 6.45) is 7.85. The average molecular weight is 284 g/mol. The maximum atomic E-state index is 12.2. The van der Waals surface area contributed by atoms with Crippen LogP contribution in [0.2, 0.25) is 0 Å². The quantitative estimate of drug-likeness (QED) is 0.841. The second-order valence-electron chi connectivity index (χ2n) is 4.94. The molecule has 0 radical (unpaired) electrons. The summed E-state index contributed by atoms with van der Waals surface area (Å²) in [4.78, 5) is 26.1. The Balaban J connectivity index is 1.53. The molecule has 21 heavy (non-hydrogen) atoms. The van der Waals surface area contributed by atoms with E-state index in [1.54, 1.807) is 30.9 Å². The van der Waals surface area contributed by atoms with E-state index in [0.29, 0.717) is 25.5 Å². The van der Waals surface area contributed by atoms with Crippen LogP contribution in [-0.4, -0.2) is 45.0 Å². The number of carbonyl (C=O) groups is 1. The predicted molar refractivity (Wildman–Crippen MR) is 75.6 cm³/mol. The lowest BCUT2D eigenvalue weighted by Gasteiger charge is -2.16. The van der Waals surface area contributed by atoms with Gasteiger partial charge in [0.1, 0.15) is 6.10 Å². The Morgan fingerprint density at radius 3 is 2.90 bits per heavy atom. The smallest absolute Gasteiger partial charge is 0.316 e. The van der Waals surface area contributed by atoms with Gasteiger partial charge in [-0.2, -0.15) is 0 Å². The van der Waals surface area contributed by atoms with E-state index >= 15 is 0 Å². The van der Waals surface area contributed by atoms with Crippen molar-refractivity contribution in [3.8, 4) is 6.01 Å². The number of nitrogens with zero attached hydrogens (tertiary/aromatic N) is 4. The maximum absolute atomic E-state index is 12.2. The zero-order valence-electron chi connectivity index (χ0n) is 11.6. The molecule has 108 valence electrons. The van der Waals surface area contributed by atoms with Gasteiger partial charge in [-0.1, -0.05) is 6.07 Å². The van der Waals surface area contributed by atoms with E-state index in [2.05, 4.69) is 15.0 Å². The number of hydrogen-bond donors (Lipinski definition) is 0. The number of amides is 1. The molecule has 3 rings (SSSR count). The summed E-state index contributed by atoms with van der Waals surface area (Å²) in [5.41, 5.74) is 0.929. The molecule has 1 amide bonds. The number of ether oxygens (including phenoxy) is 1. The van der Waals surface area contributed by atoms with E-state index in [-0.39, 0.29) is 12.0 Å². The molecule has 2 aromatic heterocycles. The molecule has 0 bridgehead atoms. The molecule has 1 saturated heterocycles. The normalized spacial score (nSPS) is 17.7. The molecule has 1 fully saturated rings. The van der Waals surface area contributed by atoms with Gasteiger partial charge in [-0.25, -0.2) is 9.97 Å². The molecule has 0 N–H and O–H groups in total. The van der Waals surface area contributed by atoms with Crippen molar-refractivity contribution in [1.29, 1.82) is 0 Å². The molecular formula is C15H16N4O2. The fourth-order valence-corrected chi connectivity index (χ4v) is 2.34. The van der Waals surface area contributed by atoms with Crippen molar-refractivity contribution < 1.29 is 9.53 Å². The van der Waals surface area contributed by atoms with Crippen LogP contribution in [0.5, 0.6) is 6.01 Å². The van der Waals surface area contributed by atoms with Gasteiger partial charge in [-0.15, -0.1) is 0 Å². The maximum Gasteiger partial charge on any atom is 0.316 e.